The monoisotopic (exact) mass is 587 g/mol. The quantitative estimate of drug-likeness (QED) is 0.139. The van der Waals surface area contributed by atoms with Crippen LogP contribution in [0.4, 0.5) is 4.79 Å². The van der Waals surface area contributed by atoms with Crippen molar-refractivity contribution in [2.24, 2.45) is 0 Å². The summed E-state index contributed by atoms with van der Waals surface area (Å²) in [7, 11) is 1.27. The maximum atomic E-state index is 12.6. The third-order valence-electron chi connectivity index (χ3n) is 6.46. The summed E-state index contributed by atoms with van der Waals surface area (Å²) < 4.78 is 4.54. The van der Waals surface area contributed by atoms with Crippen LogP contribution in [0.2, 0.25) is 0 Å². The molecule has 0 fully saturated rings. The number of hydrogen-bond acceptors (Lipinski definition) is 6. The minimum absolute atomic E-state index is 0.123. The fourth-order valence-electron chi connectivity index (χ4n) is 4.33. The average molecular weight is 588 g/mol. The number of nitrogens with one attached hydrogen (secondary N) is 4. The molecule has 0 aliphatic heterocycles. The number of aromatic nitrogens is 4. The molecule has 4 rings (SSSR count). The first-order valence-electron chi connectivity index (χ1n) is 15.0. The lowest BCUT2D eigenvalue weighted by Crippen LogP contribution is -2.40. The first-order valence-corrected chi connectivity index (χ1v) is 15.0. The fraction of sp³-hybridized carbons (Fsp3) is 0.394. The zero-order valence-electron chi connectivity index (χ0n) is 26.0. The van der Waals surface area contributed by atoms with Gasteiger partial charge in [0.1, 0.15) is 18.2 Å². The number of amides is 2. The van der Waals surface area contributed by atoms with Crippen molar-refractivity contribution in [3.8, 4) is 33.6 Å². The van der Waals surface area contributed by atoms with Gasteiger partial charge in [0.15, 0.2) is 0 Å². The van der Waals surface area contributed by atoms with Gasteiger partial charge in [-0.3, -0.25) is 4.79 Å². The number of carbonyl (C=O) groups is 2. The number of H-pyrrole nitrogens is 2. The highest BCUT2D eigenvalue weighted by atomic mass is 16.5. The van der Waals surface area contributed by atoms with Crippen LogP contribution in [0.1, 0.15) is 58.6 Å². The first-order chi connectivity index (χ1) is 20.9. The number of hydrogen-bond donors (Lipinski definition) is 4. The predicted molar refractivity (Wildman–Crippen MR) is 171 cm³/mol. The number of imidazole rings is 2. The molecule has 43 heavy (non-hydrogen) atoms. The van der Waals surface area contributed by atoms with Gasteiger partial charge in [-0.2, -0.15) is 0 Å². The molecule has 0 atom stereocenters. The van der Waals surface area contributed by atoms with Crippen molar-refractivity contribution in [2.75, 3.05) is 26.7 Å². The van der Waals surface area contributed by atoms with Gasteiger partial charge in [0.05, 0.1) is 44.0 Å². The van der Waals surface area contributed by atoms with Gasteiger partial charge in [-0.05, 0) is 41.6 Å². The largest absolute Gasteiger partial charge is 0.453 e. The standard InChI is InChI=1S/C30H37N7O3.C3H8/c1-4-14-31-18-27-32-16-25(35-27)23-10-6-21(7-11-23)22-8-12-24(13-9-22)26-17-33-28(36-26)20-37(15-5-2)29(38)19-34-30(39)40-3;1-3-2/h6-13,16-17,31H,4-5,14-15,18-20H2,1-3H3,(H,32,35)(H,33,36)(H,34,39);3H2,1-2H3. The molecule has 10 heteroatoms. The SMILES string of the molecule is CCC.CCCNCc1ncc(-c2ccc(-c3ccc(-c4cnc(CN(CCC)C(=O)CNC(=O)OC)[nH]4)cc3)cc2)[nH]1. The fourth-order valence-corrected chi connectivity index (χ4v) is 4.33. The topological polar surface area (TPSA) is 128 Å². The van der Waals surface area contributed by atoms with Crippen LogP contribution in [-0.2, 0) is 22.6 Å². The summed E-state index contributed by atoms with van der Waals surface area (Å²) in [5.41, 5.74) is 6.21. The third kappa shape index (κ3) is 10.1. The van der Waals surface area contributed by atoms with E-state index >= 15 is 0 Å². The molecular weight excluding hydrogens is 542 g/mol. The lowest BCUT2D eigenvalue weighted by molar-refractivity contribution is -0.130. The minimum atomic E-state index is -0.633. The van der Waals surface area contributed by atoms with Gasteiger partial charge >= 0.3 is 6.09 Å². The van der Waals surface area contributed by atoms with Crippen molar-refractivity contribution in [3.63, 3.8) is 0 Å². The number of benzene rings is 2. The summed E-state index contributed by atoms with van der Waals surface area (Å²) >= 11 is 0. The van der Waals surface area contributed by atoms with Crippen LogP contribution < -0.4 is 10.6 Å². The molecule has 0 saturated heterocycles. The molecule has 2 aromatic carbocycles. The van der Waals surface area contributed by atoms with Gasteiger partial charge < -0.3 is 30.2 Å². The zero-order chi connectivity index (χ0) is 31.0. The molecule has 230 valence electrons. The van der Waals surface area contributed by atoms with Crippen molar-refractivity contribution >= 4 is 12.0 Å². The molecule has 4 N–H and O–H groups in total. The Morgan fingerprint density at radius 3 is 1.81 bits per heavy atom. The number of aromatic amines is 2. The smallest absolute Gasteiger partial charge is 0.407 e. The Morgan fingerprint density at radius 2 is 1.30 bits per heavy atom. The molecule has 0 spiro atoms. The van der Waals surface area contributed by atoms with E-state index in [2.05, 4.69) is 105 Å². The van der Waals surface area contributed by atoms with Crippen LogP contribution in [0.3, 0.4) is 0 Å². The van der Waals surface area contributed by atoms with E-state index in [1.165, 1.54) is 13.5 Å². The Balaban J connectivity index is 0.00000162. The summed E-state index contributed by atoms with van der Waals surface area (Å²) in [6.07, 6.45) is 6.16. The minimum Gasteiger partial charge on any atom is -0.453 e. The highest BCUT2D eigenvalue weighted by molar-refractivity contribution is 5.82. The van der Waals surface area contributed by atoms with Gasteiger partial charge in [-0.25, -0.2) is 14.8 Å². The predicted octanol–water partition coefficient (Wildman–Crippen LogP) is 6.14. The normalized spacial score (nSPS) is 10.5. The van der Waals surface area contributed by atoms with Crippen LogP contribution in [0.25, 0.3) is 33.6 Å². The molecule has 0 saturated carbocycles. The molecule has 4 aromatic rings. The second-order valence-electron chi connectivity index (χ2n) is 10.2. The summed E-state index contributed by atoms with van der Waals surface area (Å²) in [6.45, 7) is 10.9. The van der Waals surface area contributed by atoms with Crippen LogP contribution in [0.15, 0.2) is 60.9 Å². The first kappa shape index (κ1) is 33.1. The number of ether oxygens (including phenoxy) is 1. The van der Waals surface area contributed by atoms with Crippen molar-refractivity contribution in [3.05, 3.63) is 72.6 Å². The third-order valence-corrected chi connectivity index (χ3v) is 6.46. The van der Waals surface area contributed by atoms with Gasteiger partial charge in [0.2, 0.25) is 5.91 Å². The molecule has 2 amide bonds. The van der Waals surface area contributed by atoms with Crippen molar-refractivity contribution in [2.45, 2.75) is 60.0 Å². The number of rotatable bonds is 13. The lowest BCUT2D eigenvalue weighted by Gasteiger charge is -2.21. The van der Waals surface area contributed by atoms with Crippen LogP contribution in [-0.4, -0.2) is 63.6 Å². The Kier molecular flexibility index (Phi) is 13.5. The van der Waals surface area contributed by atoms with Crippen molar-refractivity contribution in [1.29, 1.82) is 0 Å². The molecule has 0 radical (unpaired) electrons. The zero-order valence-corrected chi connectivity index (χ0v) is 26.0. The van der Waals surface area contributed by atoms with Crippen molar-refractivity contribution in [1.82, 2.24) is 35.5 Å². The van der Waals surface area contributed by atoms with Gasteiger partial charge in [0, 0.05) is 6.54 Å². The van der Waals surface area contributed by atoms with E-state index in [-0.39, 0.29) is 12.5 Å². The number of alkyl carbamates (subject to hydrolysis) is 1. The van der Waals surface area contributed by atoms with Crippen molar-refractivity contribution < 1.29 is 14.3 Å². The second kappa shape index (κ2) is 17.5. The molecule has 2 heterocycles. The van der Waals surface area contributed by atoms with Gasteiger partial charge in [0.25, 0.3) is 0 Å². The molecule has 0 aliphatic carbocycles. The Labute approximate surface area is 254 Å². The highest BCUT2D eigenvalue weighted by Crippen LogP contribution is 2.26. The van der Waals surface area contributed by atoms with Gasteiger partial charge in [-0.15, -0.1) is 0 Å². The summed E-state index contributed by atoms with van der Waals surface area (Å²) in [5.74, 6) is 1.42. The lowest BCUT2D eigenvalue weighted by atomic mass is 10.0. The highest BCUT2D eigenvalue weighted by Gasteiger charge is 2.16. The molecular formula is C33H45N7O3. The van der Waals surface area contributed by atoms with E-state index < -0.39 is 6.09 Å². The molecule has 10 nitrogen and oxygen atoms in total. The van der Waals surface area contributed by atoms with E-state index in [1.807, 2.05) is 13.1 Å². The number of nitrogens with zero attached hydrogens (tertiary/aromatic N) is 3. The molecule has 0 unspecified atom stereocenters. The van der Waals surface area contributed by atoms with E-state index in [1.54, 1.807) is 11.1 Å². The van der Waals surface area contributed by atoms with Crippen LogP contribution in [0.5, 0.6) is 0 Å². The van der Waals surface area contributed by atoms with Crippen LogP contribution in [0, 0.1) is 0 Å². The Hall–Kier alpha value is -4.44. The molecule has 2 aromatic heterocycles. The maximum Gasteiger partial charge on any atom is 0.407 e. The Morgan fingerprint density at radius 1 is 0.791 bits per heavy atom. The van der Waals surface area contributed by atoms with E-state index in [9.17, 15) is 9.59 Å². The maximum absolute atomic E-state index is 12.6. The number of methoxy groups -OCH3 is 1. The average Bonchev–Trinajstić information content (AvgIpc) is 3.70. The summed E-state index contributed by atoms with van der Waals surface area (Å²) in [6, 6.07) is 16.7. The second-order valence-corrected chi connectivity index (χ2v) is 10.2. The van der Waals surface area contributed by atoms with E-state index in [0.29, 0.717) is 18.9 Å². The van der Waals surface area contributed by atoms with Crippen LogP contribution >= 0.6 is 0 Å². The number of carbonyl (C=O) groups excluding carboxylic acids is 2. The van der Waals surface area contributed by atoms with E-state index in [4.69, 9.17) is 0 Å². The van der Waals surface area contributed by atoms with Gasteiger partial charge in [-0.1, -0.05) is 82.6 Å². The molecule has 0 aliphatic rings. The Bertz CT molecular complexity index is 1390. The molecule has 0 bridgehead atoms. The summed E-state index contributed by atoms with van der Waals surface area (Å²) in [5, 5.41) is 5.80. The summed E-state index contributed by atoms with van der Waals surface area (Å²) in [4.78, 5) is 41.2. The van der Waals surface area contributed by atoms with E-state index in [0.717, 1.165) is 65.4 Å².